The molecule has 0 unspecified atom stereocenters. The van der Waals surface area contributed by atoms with Crippen LogP contribution in [0.4, 0.5) is 36.8 Å². The Balaban J connectivity index is 0.941. The van der Waals surface area contributed by atoms with Gasteiger partial charge in [-0.15, -0.1) is 0 Å². The minimum absolute atomic E-state index is 0.00558. The first-order valence-electron chi connectivity index (χ1n) is 28.0. The van der Waals surface area contributed by atoms with E-state index in [-0.39, 0.29) is 48.1 Å². The Kier molecular flexibility index (Phi) is 19.9. The molecular weight excluding hydrogens is 1140 g/mol. The third-order valence-electron chi connectivity index (χ3n) is 15.3. The Morgan fingerprint density at radius 3 is 2.19 bits per heavy atom. The molecule has 1 aliphatic carbocycles. The second kappa shape index (κ2) is 26.5. The fourth-order valence-electron chi connectivity index (χ4n) is 10.8. The molecule has 2 amide bonds. The van der Waals surface area contributed by atoms with Crippen molar-refractivity contribution >= 4 is 48.8 Å². The standard InChI is InChI=1S/C60H68F6N6O10S2/c1-6-68(31-32-71(56(73)37-54-50-15-14-30-72(50)58(74)82-54)38-40-16-18-41(19-17-40)46-24-20-42(60(64,65)66)33-51(46)80-39-59(61,62)63)29-13-11-12-28-67-83(75,76)45-23-27-49(55(36-45)84(77,78)79)57-47-25-21-43(69(7-2)8-3)34-52(47)81-53-35-44(22-26-48(53)57)70(9-4)10-5/h16-27,33-37,50,67H,6-15,28-32,38-39H2,1-5H3/b54-37+/t50-/m0/s1. The van der Waals surface area contributed by atoms with E-state index in [1.165, 1.54) is 30.3 Å². The van der Waals surface area contributed by atoms with Crippen LogP contribution in [0.25, 0.3) is 44.5 Å². The summed E-state index contributed by atoms with van der Waals surface area (Å²) in [6, 6.07) is 22.8. The van der Waals surface area contributed by atoms with E-state index >= 15 is 0 Å². The van der Waals surface area contributed by atoms with Crippen molar-refractivity contribution in [3.63, 3.8) is 0 Å². The first-order chi connectivity index (χ1) is 39.9. The molecule has 4 aromatic rings. The molecule has 24 heteroatoms. The number of sulfonamides is 1. The SMILES string of the molecule is CCN(CCCCCNS(=O)(=O)c1ccc(-c2c3ccc(=[N+](CC)CC)cc-3oc3cc(N(CC)CC)ccc23)c(S(=O)(=O)[O-])c1)CCN(Cc1ccc(-c2ccc(C(F)(F)F)cc2OCC(F)(F)F)cc1)C(=O)/C=C1/OC(=O)N2CCC[C@@H]12. The Morgan fingerprint density at radius 1 is 0.810 bits per heavy atom. The van der Waals surface area contributed by atoms with Crippen LogP contribution in [0.1, 0.15) is 77.8 Å². The quantitative estimate of drug-likeness (QED) is 0.0143. The number of amides is 2. The zero-order valence-corrected chi connectivity index (χ0v) is 48.9. The summed E-state index contributed by atoms with van der Waals surface area (Å²) >= 11 is 0. The summed E-state index contributed by atoms with van der Waals surface area (Å²) in [7, 11) is -9.59. The van der Waals surface area contributed by atoms with E-state index in [2.05, 4.69) is 19.1 Å². The molecule has 84 heavy (non-hydrogen) atoms. The highest BCUT2D eigenvalue weighted by atomic mass is 32.2. The van der Waals surface area contributed by atoms with Gasteiger partial charge in [0.15, 0.2) is 6.61 Å². The van der Waals surface area contributed by atoms with Gasteiger partial charge in [-0.25, -0.2) is 30.9 Å². The van der Waals surface area contributed by atoms with Gasteiger partial charge in [-0.3, -0.25) is 9.69 Å². The van der Waals surface area contributed by atoms with Crippen molar-refractivity contribution in [1.82, 2.24) is 24.0 Å². The maximum Gasteiger partial charge on any atom is 0.422 e. The number of likely N-dealkylation sites (N-methyl/N-ethyl adjacent to an activating group) is 1. The second-order valence-corrected chi connectivity index (χ2v) is 23.6. The molecule has 1 N–H and O–H groups in total. The van der Waals surface area contributed by atoms with Gasteiger partial charge in [-0.2, -0.15) is 26.3 Å². The molecule has 3 aliphatic heterocycles. The number of alkyl halides is 6. The predicted molar refractivity (Wildman–Crippen MR) is 305 cm³/mol. The molecule has 452 valence electrons. The molecule has 0 bridgehead atoms. The number of nitrogens with one attached hydrogen (secondary N) is 1. The van der Waals surface area contributed by atoms with Crippen LogP contribution in [-0.2, 0) is 42.4 Å². The van der Waals surface area contributed by atoms with Crippen LogP contribution in [0.3, 0.4) is 0 Å². The Morgan fingerprint density at radius 2 is 1.52 bits per heavy atom. The summed E-state index contributed by atoms with van der Waals surface area (Å²) in [6.45, 7) is 13.3. The van der Waals surface area contributed by atoms with E-state index in [0.29, 0.717) is 91.3 Å². The zero-order chi connectivity index (χ0) is 60.7. The van der Waals surface area contributed by atoms with Crippen LogP contribution in [0, 0.1) is 0 Å². The fraction of sp³-hybridized carbons (Fsp3) is 0.417. The molecule has 0 aromatic heterocycles. The minimum atomic E-state index is -5.26. The Bertz CT molecular complexity index is 3660. The van der Waals surface area contributed by atoms with E-state index in [1.807, 2.05) is 71.0 Å². The van der Waals surface area contributed by atoms with Crippen LogP contribution in [-0.4, -0.2) is 132 Å². The molecule has 4 aromatic carbocycles. The van der Waals surface area contributed by atoms with Crippen LogP contribution >= 0.6 is 0 Å². The number of benzene rings is 5. The monoisotopic (exact) mass is 1210 g/mol. The van der Waals surface area contributed by atoms with Crippen molar-refractivity contribution in [3.8, 4) is 39.3 Å². The molecule has 2 fully saturated rings. The van der Waals surface area contributed by atoms with Gasteiger partial charge in [0.2, 0.25) is 21.3 Å². The number of hydrogen-bond acceptors (Lipinski definition) is 12. The van der Waals surface area contributed by atoms with Gasteiger partial charge in [0.25, 0.3) is 0 Å². The minimum Gasteiger partial charge on any atom is -0.744 e. The van der Waals surface area contributed by atoms with Crippen molar-refractivity contribution < 1.29 is 71.2 Å². The lowest BCUT2D eigenvalue weighted by molar-refractivity contribution is -0.153. The van der Waals surface area contributed by atoms with Crippen molar-refractivity contribution in [2.45, 2.75) is 101 Å². The molecule has 2 saturated heterocycles. The number of carbonyl (C=O) groups excluding carboxylic acids is 2. The molecule has 0 radical (unpaired) electrons. The second-order valence-electron chi connectivity index (χ2n) is 20.5. The smallest absolute Gasteiger partial charge is 0.422 e. The maximum absolute atomic E-state index is 14.1. The van der Waals surface area contributed by atoms with Crippen LogP contribution in [0.15, 0.2) is 123 Å². The third-order valence-corrected chi connectivity index (χ3v) is 17.6. The maximum atomic E-state index is 14.1. The van der Waals surface area contributed by atoms with E-state index in [4.69, 9.17) is 13.9 Å². The van der Waals surface area contributed by atoms with Crippen molar-refractivity contribution in [1.29, 1.82) is 0 Å². The molecular formula is C60H68F6N6O10S2. The number of cyclic esters (lactones) is 1. The van der Waals surface area contributed by atoms with Gasteiger partial charge >= 0.3 is 18.4 Å². The lowest BCUT2D eigenvalue weighted by atomic mass is 9.93. The zero-order valence-electron chi connectivity index (χ0n) is 47.3. The lowest BCUT2D eigenvalue weighted by Crippen LogP contribution is -2.38. The van der Waals surface area contributed by atoms with Crippen LogP contribution < -0.4 is 24.3 Å². The molecule has 4 aliphatic rings. The summed E-state index contributed by atoms with van der Waals surface area (Å²) in [5.41, 5.74) is 1.93. The van der Waals surface area contributed by atoms with Gasteiger partial charge in [0.1, 0.15) is 46.1 Å². The summed E-state index contributed by atoms with van der Waals surface area (Å²) in [5.74, 6) is -0.389. The first kappa shape index (κ1) is 63.0. The summed E-state index contributed by atoms with van der Waals surface area (Å²) in [6.07, 6.45) is -5.95. The molecule has 8 rings (SSSR count). The topological polar surface area (TPSA) is 185 Å². The highest BCUT2D eigenvalue weighted by Gasteiger charge is 2.42. The first-order valence-corrected chi connectivity index (χ1v) is 30.9. The highest BCUT2D eigenvalue weighted by Crippen LogP contribution is 2.44. The Labute approximate surface area is 485 Å². The number of anilines is 1. The third kappa shape index (κ3) is 14.9. The normalized spacial score (nSPS) is 15.3. The number of carbonyl (C=O) groups is 2. The number of rotatable bonds is 25. The highest BCUT2D eigenvalue weighted by molar-refractivity contribution is 7.89. The van der Waals surface area contributed by atoms with E-state index in [1.54, 1.807) is 21.9 Å². The number of halogens is 6. The van der Waals surface area contributed by atoms with Crippen LogP contribution in [0.5, 0.6) is 5.75 Å². The number of ether oxygens (including phenoxy) is 2. The number of nitrogens with zero attached hydrogens (tertiary/aromatic N) is 5. The largest absolute Gasteiger partial charge is 0.744 e. The van der Waals surface area contributed by atoms with E-state index in [0.717, 1.165) is 61.8 Å². The predicted octanol–water partition coefficient (Wildman–Crippen LogP) is 10.7. The van der Waals surface area contributed by atoms with E-state index in [9.17, 15) is 57.3 Å². The summed E-state index contributed by atoms with van der Waals surface area (Å²) < 4.78 is 169. The Hall–Kier alpha value is -6.99. The van der Waals surface area contributed by atoms with Crippen molar-refractivity contribution in [2.24, 2.45) is 0 Å². The summed E-state index contributed by atoms with van der Waals surface area (Å²) in [4.78, 5) is 32.8. The number of unbranched alkanes of at least 4 members (excludes halogenated alkanes) is 2. The molecule has 0 spiro atoms. The van der Waals surface area contributed by atoms with Crippen LogP contribution in [0.2, 0.25) is 0 Å². The van der Waals surface area contributed by atoms with Crippen molar-refractivity contribution in [3.05, 3.63) is 125 Å². The van der Waals surface area contributed by atoms with Gasteiger partial charge in [-0.1, -0.05) is 49.7 Å². The van der Waals surface area contributed by atoms with Gasteiger partial charge in [0.05, 0.1) is 27.5 Å². The summed E-state index contributed by atoms with van der Waals surface area (Å²) in [5, 5.41) is 1.40. The molecule has 1 atom stereocenters. The van der Waals surface area contributed by atoms with Crippen molar-refractivity contribution in [2.75, 3.05) is 77.0 Å². The van der Waals surface area contributed by atoms with Gasteiger partial charge in [-0.05, 0) is 120 Å². The molecule has 16 nitrogen and oxygen atoms in total. The van der Waals surface area contributed by atoms with E-state index < -0.39 is 72.2 Å². The number of fused-ring (bicyclic) bond motifs is 3. The van der Waals surface area contributed by atoms with Gasteiger partial charge < -0.3 is 33.1 Å². The molecule has 3 heterocycles. The average Bonchev–Trinajstić information content (AvgIpc) is 1.28. The average molecular weight is 1210 g/mol. The molecule has 0 saturated carbocycles. The van der Waals surface area contributed by atoms with Gasteiger partial charge in [0, 0.05) is 97.3 Å². The lowest BCUT2D eigenvalue weighted by Gasteiger charge is -2.27. The fourth-order valence-corrected chi connectivity index (χ4v) is 12.7. The number of hydrogen-bond donors (Lipinski definition) is 1.